The number of esters is 1. The Morgan fingerprint density at radius 3 is 2.65 bits per heavy atom. The van der Waals surface area contributed by atoms with Gasteiger partial charge in [0.25, 0.3) is 0 Å². The number of hydrogen-bond donors (Lipinski definition) is 0. The van der Waals surface area contributed by atoms with Crippen LogP contribution in [0.4, 0.5) is 0 Å². The average Bonchev–Trinajstić information content (AvgIpc) is 2.36. The van der Waals surface area contributed by atoms with E-state index in [1.807, 2.05) is 25.1 Å². The van der Waals surface area contributed by atoms with Crippen LogP contribution in [-0.2, 0) is 16.0 Å². The highest BCUT2D eigenvalue weighted by Gasteiger charge is 2.13. The van der Waals surface area contributed by atoms with Crippen molar-refractivity contribution in [3.05, 3.63) is 23.8 Å². The monoisotopic (exact) mass is 238 g/mol. The van der Waals surface area contributed by atoms with E-state index >= 15 is 0 Å². The van der Waals surface area contributed by atoms with Gasteiger partial charge in [-0.15, -0.1) is 0 Å². The van der Waals surface area contributed by atoms with Crippen LogP contribution >= 0.6 is 0 Å². The second-order valence-electron chi connectivity index (χ2n) is 3.55. The SMILES string of the molecule is CCCOc1c(CC(=O)OC)cccc1OC. The summed E-state index contributed by atoms with van der Waals surface area (Å²) in [6.07, 6.45) is 1.09. The maximum Gasteiger partial charge on any atom is 0.310 e. The lowest BCUT2D eigenvalue weighted by Crippen LogP contribution is -2.08. The minimum atomic E-state index is -0.292. The highest BCUT2D eigenvalue weighted by atomic mass is 16.5. The fraction of sp³-hybridized carbons (Fsp3) is 0.462. The van der Waals surface area contributed by atoms with Crippen LogP contribution in [0.5, 0.6) is 11.5 Å². The van der Waals surface area contributed by atoms with Gasteiger partial charge in [-0.2, -0.15) is 0 Å². The summed E-state index contributed by atoms with van der Waals surface area (Å²) in [5.74, 6) is 0.974. The van der Waals surface area contributed by atoms with Crippen LogP contribution in [-0.4, -0.2) is 26.8 Å². The first kappa shape index (κ1) is 13.4. The minimum Gasteiger partial charge on any atom is -0.493 e. The number of carbonyl (C=O) groups is 1. The predicted octanol–water partition coefficient (Wildman–Crippen LogP) is 2.20. The molecular formula is C13H18O4. The summed E-state index contributed by atoms with van der Waals surface area (Å²) in [5, 5.41) is 0. The molecule has 4 heteroatoms. The van der Waals surface area contributed by atoms with Gasteiger partial charge in [0.1, 0.15) is 0 Å². The maximum atomic E-state index is 11.3. The molecule has 0 aliphatic carbocycles. The molecule has 1 rings (SSSR count). The number of rotatable bonds is 6. The molecule has 94 valence electrons. The zero-order chi connectivity index (χ0) is 12.7. The Labute approximate surface area is 101 Å². The van der Waals surface area contributed by atoms with Crippen molar-refractivity contribution < 1.29 is 19.0 Å². The molecule has 0 unspecified atom stereocenters. The molecular weight excluding hydrogens is 220 g/mol. The summed E-state index contributed by atoms with van der Waals surface area (Å²) in [6.45, 7) is 2.62. The molecule has 1 aromatic rings. The fourth-order valence-corrected chi connectivity index (χ4v) is 1.46. The number of para-hydroxylation sites is 1. The van der Waals surface area contributed by atoms with Gasteiger partial charge in [0.05, 0.1) is 27.2 Å². The van der Waals surface area contributed by atoms with Gasteiger partial charge in [0.15, 0.2) is 11.5 Å². The fourth-order valence-electron chi connectivity index (χ4n) is 1.46. The summed E-state index contributed by atoms with van der Waals surface area (Å²) in [4.78, 5) is 11.3. The molecule has 4 nitrogen and oxygen atoms in total. The van der Waals surface area contributed by atoms with E-state index < -0.39 is 0 Å². The van der Waals surface area contributed by atoms with Gasteiger partial charge in [-0.25, -0.2) is 0 Å². The Bertz CT molecular complexity index is 374. The zero-order valence-electron chi connectivity index (χ0n) is 10.5. The molecule has 1 aromatic carbocycles. The summed E-state index contributed by atoms with van der Waals surface area (Å²) < 4.78 is 15.5. The van der Waals surface area contributed by atoms with Crippen LogP contribution in [0, 0.1) is 0 Å². The first-order valence-corrected chi connectivity index (χ1v) is 5.58. The lowest BCUT2D eigenvalue weighted by Gasteiger charge is -2.13. The van der Waals surface area contributed by atoms with Crippen molar-refractivity contribution in [3.63, 3.8) is 0 Å². The standard InChI is InChI=1S/C13H18O4/c1-4-8-17-13-10(9-12(14)16-3)6-5-7-11(13)15-2/h5-7H,4,8-9H2,1-3H3. The summed E-state index contributed by atoms with van der Waals surface area (Å²) >= 11 is 0. The van der Waals surface area contributed by atoms with Crippen LogP contribution in [0.15, 0.2) is 18.2 Å². The maximum absolute atomic E-state index is 11.3. The minimum absolute atomic E-state index is 0.187. The summed E-state index contributed by atoms with van der Waals surface area (Å²) in [6, 6.07) is 5.48. The van der Waals surface area contributed by atoms with E-state index in [1.54, 1.807) is 7.11 Å². The number of ether oxygens (including phenoxy) is 3. The second-order valence-corrected chi connectivity index (χ2v) is 3.55. The van der Waals surface area contributed by atoms with E-state index in [9.17, 15) is 4.79 Å². The molecule has 0 saturated heterocycles. The van der Waals surface area contributed by atoms with Crippen LogP contribution in [0.3, 0.4) is 0 Å². The number of carbonyl (C=O) groups excluding carboxylic acids is 1. The van der Waals surface area contributed by atoms with E-state index in [1.165, 1.54) is 7.11 Å². The molecule has 0 spiro atoms. The van der Waals surface area contributed by atoms with Crippen LogP contribution in [0.2, 0.25) is 0 Å². The van der Waals surface area contributed by atoms with Crippen molar-refractivity contribution in [2.75, 3.05) is 20.8 Å². The molecule has 0 bridgehead atoms. The smallest absolute Gasteiger partial charge is 0.310 e. The first-order chi connectivity index (χ1) is 8.22. The summed E-state index contributed by atoms with van der Waals surface area (Å²) in [5.41, 5.74) is 0.782. The molecule has 17 heavy (non-hydrogen) atoms. The number of methoxy groups -OCH3 is 2. The largest absolute Gasteiger partial charge is 0.493 e. The van der Waals surface area contributed by atoms with Gasteiger partial charge in [-0.3, -0.25) is 4.79 Å². The Kier molecular flexibility index (Phi) is 5.33. The molecule has 0 fully saturated rings. The van der Waals surface area contributed by atoms with Crippen molar-refractivity contribution in [3.8, 4) is 11.5 Å². The van der Waals surface area contributed by atoms with Crippen LogP contribution in [0.1, 0.15) is 18.9 Å². The third-order valence-corrected chi connectivity index (χ3v) is 2.29. The van der Waals surface area contributed by atoms with E-state index in [0.29, 0.717) is 18.1 Å². The molecule has 0 heterocycles. The molecule has 0 saturated carbocycles. The Morgan fingerprint density at radius 2 is 2.06 bits per heavy atom. The van der Waals surface area contributed by atoms with E-state index in [-0.39, 0.29) is 12.4 Å². The van der Waals surface area contributed by atoms with Gasteiger partial charge >= 0.3 is 5.97 Å². The first-order valence-electron chi connectivity index (χ1n) is 5.58. The molecule has 0 atom stereocenters. The lowest BCUT2D eigenvalue weighted by molar-refractivity contribution is -0.139. The van der Waals surface area contributed by atoms with Crippen LogP contribution in [0.25, 0.3) is 0 Å². The molecule has 0 aliphatic heterocycles. The van der Waals surface area contributed by atoms with Gasteiger partial charge in [-0.1, -0.05) is 19.1 Å². The third-order valence-electron chi connectivity index (χ3n) is 2.29. The number of benzene rings is 1. The highest BCUT2D eigenvalue weighted by Crippen LogP contribution is 2.31. The van der Waals surface area contributed by atoms with Gasteiger partial charge in [0.2, 0.25) is 0 Å². The average molecular weight is 238 g/mol. The van der Waals surface area contributed by atoms with Gasteiger partial charge in [0, 0.05) is 5.56 Å². The van der Waals surface area contributed by atoms with Crippen molar-refractivity contribution in [2.24, 2.45) is 0 Å². The molecule has 0 aliphatic rings. The molecule has 0 aromatic heterocycles. The van der Waals surface area contributed by atoms with E-state index in [2.05, 4.69) is 4.74 Å². The van der Waals surface area contributed by atoms with Crippen molar-refractivity contribution in [2.45, 2.75) is 19.8 Å². The summed E-state index contributed by atoms with van der Waals surface area (Å²) in [7, 11) is 2.95. The molecule has 0 N–H and O–H groups in total. The van der Waals surface area contributed by atoms with Crippen molar-refractivity contribution in [1.82, 2.24) is 0 Å². The quantitative estimate of drug-likeness (QED) is 0.713. The Morgan fingerprint density at radius 1 is 1.29 bits per heavy atom. The normalized spacial score (nSPS) is 9.82. The van der Waals surface area contributed by atoms with Crippen molar-refractivity contribution >= 4 is 5.97 Å². The Hall–Kier alpha value is -1.71. The highest BCUT2D eigenvalue weighted by molar-refractivity contribution is 5.74. The second kappa shape index (κ2) is 6.78. The van der Waals surface area contributed by atoms with E-state index in [4.69, 9.17) is 9.47 Å². The Balaban J connectivity index is 2.96. The van der Waals surface area contributed by atoms with Gasteiger partial charge in [-0.05, 0) is 12.5 Å². The van der Waals surface area contributed by atoms with E-state index in [0.717, 1.165) is 12.0 Å². The zero-order valence-corrected chi connectivity index (χ0v) is 10.5. The predicted molar refractivity (Wildman–Crippen MR) is 64.5 cm³/mol. The topological polar surface area (TPSA) is 44.8 Å². The van der Waals surface area contributed by atoms with Crippen LogP contribution < -0.4 is 9.47 Å². The van der Waals surface area contributed by atoms with Crippen molar-refractivity contribution in [1.29, 1.82) is 0 Å². The third kappa shape index (κ3) is 3.66. The van der Waals surface area contributed by atoms with Gasteiger partial charge < -0.3 is 14.2 Å². The lowest BCUT2D eigenvalue weighted by atomic mass is 10.1. The molecule has 0 radical (unpaired) electrons. The molecule has 0 amide bonds. The number of hydrogen-bond acceptors (Lipinski definition) is 4.